The number of ketones is 1. The molecular weight excluding hydrogens is 236 g/mol. The highest BCUT2D eigenvalue weighted by molar-refractivity contribution is 6.24. The van der Waals surface area contributed by atoms with Crippen LogP contribution in [0.25, 0.3) is 11.6 Å². The molecule has 0 unspecified atom stereocenters. The van der Waals surface area contributed by atoms with Crippen molar-refractivity contribution in [1.29, 1.82) is 0 Å². The molecule has 2 aromatic carbocycles. The topological polar surface area (TPSA) is 26.3 Å². The molecule has 2 aromatic rings. The van der Waals surface area contributed by atoms with Crippen LogP contribution < -0.4 is 4.74 Å². The Hall–Kier alpha value is -2.35. The predicted molar refractivity (Wildman–Crippen MR) is 78.0 cm³/mol. The third-order valence-corrected chi connectivity index (χ3v) is 2.89. The smallest absolute Gasteiger partial charge is 0.160 e. The van der Waals surface area contributed by atoms with E-state index >= 15 is 0 Å². The minimum Gasteiger partial charge on any atom is -0.497 e. The van der Waals surface area contributed by atoms with Crippen molar-refractivity contribution in [1.82, 2.24) is 0 Å². The highest BCUT2D eigenvalue weighted by Crippen LogP contribution is 2.20. The molecule has 0 atom stereocenters. The van der Waals surface area contributed by atoms with Gasteiger partial charge in [0.15, 0.2) is 5.78 Å². The van der Waals surface area contributed by atoms with E-state index in [4.69, 9.17) is 4.74 Å². The molecule has 0 saturated heterocycles. The summed E-state index contributed by atoms with van der Waals surface area (Å²) in [7, 11) is 1.63. The maximum absolute atomic E-state index is 11.8. The van der Waals surface area contributed by atoms with Crippen molar-refractivity contribution in [3.63, 3.8) is 0 Å². The summed E-state index contributed by atoms with van der Waals surface area (Å²) in [5.41, 5.74) is 2.63. The maximum atomic E-state index is 11.8. The molecule has 2 nitrogen and oxygen atoms in total. The number of hydrogen-bond donors (Lipinski definition) is 0. The van der Waals surface area contributed by atoms with Gasteiger partial charge in [0.25, 0.3) is 0 Å². The first-order chi connectivity index (χ1) is 9.20. The Balaban J connectivity index is 2.38. The van der Waals surface area contributed by atoms with Crippen LogP contribution >= 0.6 is 0 Å². The minimum atomic E-state index is 0.0574. The summed E-state index contributed by atoms with van der Waals surface area (Å²) in [4.78, 5) is 11.8. The lowest BCUT2D eigenvalue weighted by Crippen LogP contribution is -1.95. The molecule has 0 aliphatic heterocycles. The van der Waals surface area contributed by atoms with Crippen LogP contribution in [0.4, 0.5) is 0 Å². The molecule has 96 valence electrons. The van der Waals surface area contributed by atoms with Gasteiger partial charge in [-0.25, -0.2) is 0 Å². The van der Waals surface area contributed by atoms with Crippen molar-refractivity contribution >= 4 is 17.4 Å². The van der Waals surface area contributed by atoms with Crippen LogP contribution in [0.2, 0.25) is 0 Å². The van der Waals surface area contributed by atoms with Gasteiger partial charge in [0, 0.05) is 5.57 Å². The summed E-state index contributed by atoms with van der Waals surface area (Å²) in [5.74, 6) is 0.864. The normalized spacial score (nSPS) is 11.2. The summed E-state index contributed by atoms with van der Waals surface area (Å²) in [6.45, 7) is 1.59. The molecule has 0 aliphatic carbocycles. The van der Waals surface area contributed by atoms with Gasteiger partial charge >= 0.3 is 0 Å². The van der Waals surface area contributed by atoms with E-state index in [-0.39, 0.29) is 5.78 Å². The van der Waals surface area contributed by atoms with E-state index in [2.05, 4.69) is 0 Å². The number of hydrogen-bond acceptors (Lipinski definition) is 2. The number of carbonyl (C=O) groups excluding carboxylic acids is 1. The monoisotopic (exact) mass is 252 g/mol. The Morgan fingerprint density at radius 1 is 1.00 bits per heavy atom. The number of carbonyl (C=O) groups is 1. The molecule has 0 bridgehead atoms. The molecule has 2 heteroatoms. The summed E-state index contributed by atoms with van der Waals surface area (Å²) in [6.07, 6.45) is 1.90. The Labute approximate surface area is 113 Å². The van der Waals surface area contributed by atoms with Crippen LogP contribution in [-0.4, -0.2) is 12.9 Å². The number of Topliss-reactive ketones (excluding diaryl/α,β-unsaturated/α-hetero) is 1. The third-order valence-electron chi connectivity index (χ3n) is 2.89. The molecule has 0 N–H and O–H groups in total. The average molecular weight is 252 g/mol. The standard InChI is InChI=1S/C17H16O2/c1-13(18)17(15-6-4-3-5-7-15)12-14-8-10-16(19-2)11-9-14/h3-12H,1-2H3/b17-12+. The van der Waals surface area contributed by atoms with Crippen LogP contribution in [0.3, 0.4) is 0 Å². The van der Waals surface area contributed by atoms with Crippen molar-refractivity contribution in [2.45, 2.75) is 6.92 Å². The van der Waals surface area contributed by atoms with Crippen molar-refractivity contribution in [3.05, 3.63) is 65.7 Å². The van der Waals surface area contributed by atoms with Gasteiger partial charge in [-0.05, 0) is 36.3 Å². The minimum absolute atomic E-state index is 0.0574. The molecule has 0 aromatic heterocycles. The summed E-state index contributed by atoms with van der Waals surface area (Å²) < 4.78 is 5.12. The third kappa shape index (κ3) is 3.32. The lowest BCUT2D eigenvalue weighted by atomic mass is 10.00. The van der Waals surface area contributed by atoms with Crippen LogP contribution in [0, 0.1) is 0 Å². The quantitative estimate of drug-likeness (QED) is 0.610. The van der Waals surface area contributed by atoms with Crippen molar-refractivity contribution in [2.75, 3.05) is 7.11 Å². The Morgan fingerprint density at radius 2 is 1.63 bits per heavy atom. The second-order valence-electron chi connectivity index (χ2n) is 4.25. The number of rotatable bonds is 4. The summed E-state index contributed by atoms with van der Waals surface area (Å²) >= 11 is 0. The Bertz CT molecular complexity index is 580. The number of benzene rings is 2. The zero-order chi connectivity index (χ0) is 13.7. The van der Waals surface area contributed by atoms with Crippen LogP contribution in [0.15, 0.2) is 54.6 Å². The molecule has 2 rings (SSSR count). The van der Waals surface area contributed by atoms with Gasteiger partial charge < -0.3 is 4.74 Å². The molecule has 0 saturated carbocycles. The largest absolute Gasteiger partial charge is 0.497 e. The highest BCUT2D eigenvalue weighted by Gasteiger charge is 2.06. The fourth-order valence-electron chi connectivity index (χ4n) is 1.87. The SMILES string of the molecule is COc1ccc(/C=C(\C(C)=O)c2ccccc2)cc1. The van der Waals surface area contributed by atoms with Crippen molar-refractivity contribution < 1.29 is 9.53 Å². The van der Waals surface area contributed by atoms with E-state index in [1.165, 1.54) is 0 Å². The van der Waals surface area contributed by atoms with Gasteiger partial charge in [0.2, 0.25) is 0 Å². The molecule has 0 aliphatic rings. The van der Waals surface area contributed by atoms with E-state index in [0.29, 0.717) is 5.57 Å². The molecule has 0 spiro atoms. The fraction of sp³-hybridized carbons (Fsp3) is 0.118. The molecular formula is C17H16O2. The second kappa shape index (κ2) is 6.01. The zero-order valence-electron chi connectivity index (χ0n) is 11.1. The van der Waals surface area contributed by atoms with Gasteiger partial charge in [-0.3, -0.25) is 4.79 Å². The first kappa shape index (κ1) is 13.1. The maximum Gasteiger partial charge on any atom is 0.160 e. The van der Waals surface area contributed by atoms with Gasteiger partial charge in [0.05, 0.1) is 7.11 Å². The van der Waals surface area contributed by atoms with Crippen molar-refractivity contribution in [2.24, 2.45) is 0 Å². The summed E-state index contributed by atoms with van der Waals surface area (Å²) in [6, 6.07) is 17.3. The van der Waals surface area contributed by atoms with Crippen LogP contribution in [0.1, 0.15) is 18.1 Å². The average Bonchev–Trinajstić information content (AvgIpc) is 2.46. The Kier molecular flexibility index (Phi) is 4.14. The van der Waals surface area contributed by atoms with E-state index in [0.717, 1.165) is 16.9 Å². The van der Waals surface area contributed by atoms with E-state index in [1.54, 1.807) is 14.0 Å². The van der Waals surface area contributed by atoms with Gasteiger partial charge in [-0.1, -0.05) is 42.5 Å². The van der Waals surface area contributed by atoms with Gasteiger partial charge in [-0.15, -0.1) is 0 Å². The molecule has 0 fully saturated rings. The van der Waals surface area contributed by atoms with Crippen molar-refractivity contribution in [3.8, 4) is 5.75 Å². The second-order valence-corrected chi connectivity index (χ2v) is 4.25. The molecule has 19 heavy (non-hydrogen) atoms. The predicted octanol–water partition coefficient (Wildman–Crippen LogP) is 3.82. The molecule has 0 heterocycles. The fourth-order valence-corrected chi connectivity index (χ4v) is 1.87. The number of allylic oxidation sites excluding steroid dienone is 1. The first-order valence-electron chi connectivity index (χ1n) is 6.13. The lowest BCUT2D eigenvalue weighted by molar-refractivity contribution is -0.111. The zero-order valence-corrected chi connectivity index (χ0v) is 11.1. The summed E-state index contributed by atoms with van der Waals surface area (Å²) in [5, 5.41) is 0. The van der Waals surface area contributed by atoms with E-state index < -0.39 is 0 Å². The number of ether oxygens (including phenoxy) is 1. The molecule has 0 amide bonds. The number of methoxy groups -OCH3 is 1. The molecule has 0 radical (unpaired) electrons. The van der Waals surface area contributed by atoms with E-state index in [9.17, 15) is 4.79 Å². The van der Waals surface area contributed by atoms with Gasteiger partial charge in [0.1, 0.15) is 5.75 Å². The highest BCUT2D eigenvalue weighted by atomic mass is 16.5. The van der Waals surface area contributed by atoms with Gasteiger partial charge in [-0.2, -0.15) is 0 Å². The van der Waals surface area contributed by atoms with E-state index in [1.807, 2.05) is 60.7 Å². The first-order valence-corrected chi connectivity index (χ1v) is 6.13. The lowest BCUT2D eigenvalue weighted by Gasteiger charge is -2.05. The van der Waals surface area contributed by atoms with Crippen LogP contribution in [0.5, 0.6) is 5.75 Å². The van der Waals surface area contributed by atoms with Crippen LogP contribution in [-0.2, 0) is 4.79 Å². The Morgan fingerprint density at radius 3 is 2.16 bits per heavy atom.